The van der Waals surface area contributed by atoms with E-state index in [2.05, 4.69) is 15.6 Å². The number of sulfone groups is 1. The second-order valence-corrected chi connectivity index (χ2v) is 7.15. The van der Waals surface area contributed by atoms with Crippen LogP contribution in [0.15, 0.2) is 29.3 Å². The van der Waals surface area contributed by atoms with E-state index in [4.69, 9.17) is 4.74 Å². The molecule has 9 heteroatoms. The number of aliphatic imine (C=N–C) groups is 1. The molecular weight excluding hydrogens is 436 g/mol. The third-order valence-corrected chi connectivity index (χ3v) is 3.64. The lowest BCUT2D eigenvalue weighted by molar-refractivity contribution is 0.223. The third-order valence-electron chi connectivity index (χ3n) is 2.70. The number of hydrogen-bond donors (Lipinski definition) is 2. The maximum absolute atomic E-state index is 12.8. The van der Waals surface area contributed by atoms with Gasteiger partial charge in [-0.25, -0.2) is 12.8 Å². The average Bonchev–Trinajstić information content (AvgIpc) is 2.44. The highest BCUT2D eigenvalue weighted by molar-refractivity contribution is 14.0. The summed E-state index contributed by atoms with van der Waals surface area (Å²) in [5.74, 6) is 0.803. The number of benzene rings is 1. The highest BCUT2D eigenvalue weighted by atomic mass is 127. The van der Waals surface area contributed by atoms with Crippen LogP contribution in [0, 0.1) is 5.82 Å². The molecule has 1 unspecified atom stereocenters. The van der Waals surface area contributed by atoms with Gasteiger partial charge in [0.05, 0.1) is 12.3 Å². The molecule has 132 valence electrons. The Hall–Kier alpha value is -1.10. The third kappa shape index (κ3) is 10.3. The summed E-state index contributed by atoms with van der Waals surface area (Å²) in [5, 5.41) is 5.94. The molecule has 0 aliphatic heterocycles. The van der Waals surface area contributed by atoms with E-state index < -0.39 is 9.84 Å². The maximum Gasteiger partial charge on any atom is 0.191 e. The van der Waals surface area contributed by atoms with Gasteiger partial charge in [0, 0.05) is 19.8 Å². The number of rotatable bonds is 7. The van der Waals surface area contributed by atoms with Gasteiger partial charge in [0.25, 0.3) is 0 Å². The summed E-state index contributed by atoms with van der Waals surface area (Å²) in [4.78, 5) is 3.99. The van der Waals surface area contributed by atoms with Crippen LogP contribution >= 0.6 is 24.0 Å². The first-order valence-corrected chi connectivity index (χ1v) is 8.90. The van der Waals surface area contributed by atoms with Crippen LogP contribution in [-0.4, -0.2) is 52.6 Å². The molecule has 23 heavy (non-hydrogen) atoms. The molecule has 0 spiro atoms. The maximum atomic E-state index is 12.8. The summed E-state index contributed by atoms with van der Waals surface area (Å²) in [6.07, 6.45) is 1.02. The van der Waals surface area contributed by atoms with Crippen LogP contribution in [0.5, 0.6) is 5.75 Å². The van der Waals surface area contributed by atoms with E-state index in [1.807, 2.05) is 6.92 Å². The van der Waals surface area contributed by atoms with Crippen LogP contribution in [0.25, 0.3) is 0 Å². The van der Waals surface area contributed by atoms with Crippen molar-refractivity contribution in [2.45, 2.75) is 13.0 Å². The van der Waals surface area contributed by atoms with Crippen molar-refractivity contribution in [1.29, 1.82) is 0 Å². The quantitative estimate of drug-likeness (QED) is 0.367. The van der Waals surface area contributed by atoms with E-state index >= 15 is 0 Å². The lowest BCUT2D eigenvalue weighted by Crippen LogP contribution is -2.43. The molecule has 1 aromatic rings. The number of guanidine groups is 1. The molecule has 6 nitrogen and oxygen atoms in total. The van der Waals surface area contributed by atoms with E-state index in [0.717, 1.165) is 0 Å². The Morgan fingerprint density at radius 2 is 1.91 bits per heavy atom. The molecular formula is C14H23FIN3O3S. The van der Waals surface area contributed by atoms with Crippen molar-refractivity contribution in [3.63, 3.8) is 0 Å². The fourth-order valence-corrected chi connectivity index (χ4v) is 2.08. The molecule has 2 N–H and O–H groups in total. The van der Waals surface area contributed by atoms with Crippen LogP contribution in [0.3, 0.4) is 0 Å². The highest BCUT2D eigenvalue weighted by Gasteiger charge is 2.07. The Labute approximate surface area is 153 Å². The predicted octanol–water partition coefficient (Wildman–Crippen LogP) is 1.42. The van der Waals surface area contributed by atoms with Gasteiger partial charge in [-0.2, -0.15) is 0 Å². The number of nitrogens with one attached hydrogen (secondary N) is 2. The van der Waals surface area contributed by atoms with E-state index in [-0.39, 0.29) is 48.2 Å². The van der Waals surface area contributed by atoms with Gasteiger partial charge in [-0.15, -0.1) is 24.0 Å². The summed E-state index contributed by atoms with van der Waals surface area (Å²) in [5.41, 5.74) is 0. The van der Waals surface area contributed by atoms with Crippen LogP contribution in [0.1, 0.15) is 6.92 Å². The normalized spacial score (nSPS) is 13.0. The molecule has 1 rings (SSSR count). The molecule has 0 heterocycles. The lowest BCUT2D eigenvalue weighted by Gasteiger charge is -2.17. The van der Waals surface area contributed by atoms with Crippen molar-refractivity contribution in [2.24, 2.45) is 4.99 Å². The van der Waals surface area contributed by atoms with E-state index in [0.29, 0.717) is 18.3 Å². The summed E-state index contributed by atoms with van der Waals surface area (Å²) in [6, 6.07) is 5.79. The Morgan fingerprint density at radius 1 is 1.30 bits per heavy atom. The minimum atomic E-state index is -3.00. The largest absolute Gasteiger partial charge is 0.489 e. The predicted molar refractivity (Wildman–Crippen MR) is 101 cm³/mol. The summed E-state index contributed by atoms with van der Waals surface area (Å²) in [6.45, 7) is 2.61. The fraction of sp³-hybridized carbons (Fsp3) is 0.500. The summed E-state index contributed by atoms with van der Waals surface area (Å²) < 4.78 is 40.5. The first-order valence-electron chi connectivity index (χ1n) is 6.84. The van der Waals surface area contributed by atoms with Gasteiger partial charge < -0.3 is 15.4 Å². The van der Waals surface area contributed by atoms with Gasteiger partial charge in [0.1, 0.15) is 27.5 Å². The van der Waals surface area contributed by atoms with Gasteiger partial charge >= 0.3 is 0 Å². The smallest absolute Gasteiger partial charge is 0.191 e. The van der Waals surface area contributed by atoms with E-state index in [1.54, 1.807) is 19.2 Å². The average molecular weight is 459 g/mol. The number of nitrogens with zero attached hydrogens (tertiary/aromatic N) is 1. The van der Waals surface area contributed by atoms with Gasteiger partial charge in [0.2, 0.25) is 0 Å². The summed E-state index contributed by atoms with van der Waals surface area (Å²) >= 11 is 0. The van der Waals surface area contributed by atoms with Crippen molar-refractivity contribution >= 4 is 39.8 Å². The lowest BCUT2D eigenvalue weighted by atomic mass is 10.3. The first kappa shape index (κ1) is 21.9. The molecule has 0 amide bonds. The van der Waals surface area contributed by atoms with Crippen molar-refractivity contribution in [3.8, 4) is 5.75 Å². The van der Waals surface area contributed by atoms with Gasteiger partial charge in [-0.05, 0) is 31.2 Å². The van der Waals surface area contributed by atoms with Gasteiger partial charge in [-0.1, -0.05) is 0 Å². The zero-order valence-electron chi connectivity index (χ0n) is 13.4. The summed E-state index contributed by atoms with van der Waals surface area (Å²) in [7, 11) is -1.41. The van der Waals surface area contributed by atoms with Crippen molar-refractivity contribution in [3.05, 3.63) is 30.1 Å². The second kappa shape index (κ2) is 10.6. The Kier molecular flexibility index (Phi) is 10.1. The molecule has 0 radical (unpaired) electrons. The zero-order chi connectivity index (χ0) is 16.6. The Bertz CT molecular complexity index is 594. The molecule has 0 bridgehead atoms. The molecule has 0 saturated heterocycles. The Balaban J connectivity index is 0.00000484. The molecule has 1 atom stereocenters. The molecule has 0 aliphatic rings. The zero-order valence-corrected chi connectivity index (χ0v) is 16.5. The molecule has 0 fully saturated rings. The standard InChI is InChI=1S/C14H22FN3O3S.HI/c1-11(21-13-6-4-12(15)5-7-13)10-18-14(16-2)17-8-9-22(3,19)20;/h4-7,11H,8-10H2,1-3H3,(H2,16,17,18);1H. The number of halogens is 2. The van der Waals surface area contributed by atoms with Crippen LogP contribution in [-0.2, 0) is 9.84 Å². The van der Waals surface area contributed by atoms with Crippen molar-refractivity contribution in [1.82, 2.24) is 10.6 Å². The number of ether oxygens (including phenoxy) is 1. The monoisotopic (exact) mass is 459 g/mol. The van der Waals surface area contributed by atoms with Crippen molar-refractivity contribution in [2.75, 3.05) is 32.1 Å². The number of hydrogen-bond acceptors (Lipinski definition) is 4. The van der Waals surface area contributed by atoms with Crippen LogP contribution in [0.4, 0.5) is 4.39 Å². The SMILES string of the molecule is CN=C(NCCS(C)(=O)=O)NCC(C)Oc1ccc(F)cc1.I. The topological polar surface area (TPSA) is 79.8 Å². The van der Waals surface area contributed by atoms with Crippen LogP contribution < -0.4 is 15.4 Å². The van der Waals surface area contributed by atoms with E-state index in [9.17, 15) is 12.8 Å². The Morgan fingerprint density at radius 3 is 2.43 bits per heavy atom. The van der Waals surface area contributed by atoms with Gasteiger partial charge in [0.15, 0.2) is 5.96 Å². The fourth-order valence-electron chi connectivity index (χ4n) is 1.60. The molecule has 1 aromatic carbocycles. The highest BCUT2D eigenvalue weighted by Crippen LogP contribution is 2.12. The second-order valence-electron chi connectivity index (χ2n) is 4.89. The van der Waals surface area contributed by atoms with Crippen molar-refractivity contribution < 1.29 is 17.5 Å². The molecule has 0 saturated carbocycles. The molecule has 0 aliphatic carbocycles. The first-order chi connectivity index (χ1) is 10.3. The van der Waals surface area contributed by atoms with E-state index in [1.165, 1.54) is 18.4 Å². The molecule has 0 aromatic heterocycles. The van der Waals surface area contributed by atoms with Crippen LogP contribution in [0.2, 0.25) is 0 Å². The van der Waals surface area contributed by atoms with Gasteiger partial charge in [-0.3, -0.25) is 4.99 Å². The minimum absolute atomic E-state index is 0. The minimum Gasteiger partial charge on any atom is -0.489 e.